The molecule has 0 radical (unpaired) electrons. The predicted octanol–water partition coefficient (Wildman–Crippen LogP) is 5.57. The lowest BCUT2D eigenvalue weighted by Crippen LogP contribution is -2.43. The summed E-state index contributed by atoms with van der Waals surface area (Å²) in [6, 6.07) is 5.50. The smallest absolute Gasteiger partial charge is 0.324 e. The van der Waals surface area contributed by atoms with E-state index in [0.717, 1.165) is 29.0 Å². The van der Waals surface area contributed by atoms with Gasteiger partial charge in [-0.25, -0.2) is 9.59 Å². The van der Waals surface area contributed by atoms with Crippen LogP contribution in [0.15, 0.2) is 40.7 Å². The second-order valence-electron chi connectivity index (χ2n) is 9.56. The van der Waals surface area contributed by atoms with E-state index in [1.807, 2.05) is 40.7 Å². The molecule has 1 aromatic carbocycles. The third-order valence-electron chi connectivity index (χ3n) is 7.22. The minimum atomic E-state index is -0.151. The van der Waals surface area contributed by atoms with Gasteiger partial charge in [0.25, 0.3) is 0 Å². The number of rotatable bonds is 4. The maximum Gasteiger partial charge on any atom is 0.324 e. The van der Waals surface area contributed by atoms with Crippen LogP contribution in [0.2, 0.25) is 0 Å². The van der Waals surface area contributed by atoms with Crippen molar-refractivity contribution < 1.29 is 23.5 Å². The van der Waals surface area contributed by atoms with E-state index < -0.39 is 0 Å². The molecule has 0 bridgehead atoms. The number of aryl methyl sites for hydroxylation is 1. The van der Waals surface area contributed by atoms with Gasteiger partial charge in [-0.1, -0.05) is 13.0 Å². The highest BCUT2D eigenvalue weighted by Crippen LogP contribution is 2.39. The lowest BCUT2D eigenvalue weighted by atomic mass is 9.94. The summed E-state index contributed by atoms with van der Waals surface area (Å²) >= 11 is 0. The number of amides is 4. The molecule has 1 aromatic heterocycles. The van der Waals surface area contributed by atoms with Crippen molar-refractivity contribution in [2.24, 2.45) is 0 Å². The molecule has 1 fully saturated rings. The Morgan fingerprint density at radius 1 is 1.16 bits per heavy atom. The van der Waals surface area contributed by atoms with Crippen molar-refractivity contribution in [2.75, 3.05) is 45.7 Å². The van der Waals surface area contributed by atoms with E-state index in [1.165, 1.54) is 0 Å². The van der Waals surface area contributed by atoms with Crippen LogP contribution in [0.1, 0.15) is 55.9 Å². The van der Waals surface area contributed by atoms with E-state index in [4.69, 9.17) is 13.9 Å². The fourth-order valence-corrected chi connectivity index (χ4v) is 5.22. The lowest BCUT2D eigenvalue weighted by Gasteiger charge is -2.31. The molecular weight excluding hydrogens is 472 g/mol. The van der Waals surface area contributed by atoms with Gasteiger partial charge in [-0.05, 0) is 44.7 Å². The van der Waals surface area contributed by atoms with Crippen LogP contribution < -0.4 is 14.8 Å². The summed E-state index contributed by atoms with van der Waals surface area (Å²) in [5.41, 5.74) is 3.74. The van der Waals surface area contributed by atoms with E-state index in [2.05, 4.69) is 18.3 Å². The third-order valence-corrected chi connectivity index (χ3v) is 7.22. The summed E-state index contributed by atoms with van der Waals surface area (Å²) in [6.07, 6.45) is 5.85. The molecule has 37 heavy (non-hydrogen) atoms. The summed E-state index contributed by atoms with van der Waals surface area (Å²) < 4.78 is 16.6. The molecule has 3 heterocycles. The zero-order valence-electron chi connectivity index (χ0n) is 22.5. The highest BCUT2D eigenvalue weighted by molar-refractivity contribution is 5.89. The van der Waals surface area contributed by atoms with Crippen LogP contribution in [0, 0.1) is 6.92 Å². The number of nitrogens with one attached hydrogen (secondary N) is 1. The molecule has 1 atom stereocenters. The van der Waals surface area contributed by atoms with Gasteiger partial charge in [0, 0.05) is 55.5 Å². The molecule has 4 rings (SSSR count). The van der Waals surface area contributed by atoms with Crippen LogP contribution in [0.5, 0.6) is 11.5 Å². The SMILES string of the molecule is CCN1CCCN(C(=O)Nc2ccoc2C)CCCC2=C[C@H](C)c3c(cc(OC)cc3OC)CN2C1=O. The number of carbonyl (C=O) groups is 2. The molecule has 2 aliphatic rings. The van der Waals surface area contributed by atoms with Crippen LogP contribution in [-0.2, 0) is 6.54 Å². The maximum absolute atomic E-state index is 13.8. The van der Waals surface area contributed by atoms with E-state index in [-0.39, 0.29) is 18.0 Å². The number of ether oxygens (including phenoxy) is 2. The van der Waals surface area contributed by atoms with Crippen LogP contribution in [0.3, 0.4) is 0 Å². The number of allylic oxidation sites excluding steroid dienone is 2. The first-order chi connectivity index (χ1) is 17.9. The molecule has 2 aromatic rings. The van der Waals surface area contributed by atoms with Gasteiger partial charge in [-0.15, -0.1) is 0 Å². The zero-order valence-corrected chi connectivity index (χ0v) is 22.5. The average molecular weight is 511 g/mol. The molecule has 0 saturated carbocycles. The van der Waals surface area contributed by atoms with E-state index >= 15 is 0 Å². The molecule has 1 saturated heterocycles. The number of furan rings is 1. The Morgan fingerprint density at radius 2 is 1.95 bits per heavy atom. The molecule has 200 valence electrons. The van der Waals surface area contributed by atoms with Crippen molar-refractivity contribution in [1.82, 2.24) is 14.7 Å². The fourth-order valence-electron chi connectivity index (χ4n) is 5.22. The molecular formula is C28H38N4O5. The summed E-state index contributed by atoms with van der Waals surface area (Å²) in [6.45, 7) is 8.71. The minimum Gasteiger partial charge on any atom is -0.497 e. The summed E-state index contributed by atoms with van der Waals surface area (Å²) in [5, 5.41) is 2.96. The Labute approximate surface area is 219 Å². The van der Waals surface area contributed by atoms with Crippen molar-refractivity contribution in [2.45, 2.75) is 52.5 Å². The standard InChI is InChI=1S/C28H38N4O5/c1-6-30-12-8-13-31(27(33)29-24-10-14-37-20(24)3)11-7-9-22-15-19(2)26-21(18-32(22)28(30)34)16-23(35-4)17-25(26)36-5/h10,14-17,19H,6-9,11-13,18H2,1-5H3,(H,29,33)/t19-/m0/s1. The highest BCUT2D eigenvalue weighted by Gasteiger charge is 2.30. The van der Waals surface area contributed by atoms with Gasteiger partial charge >= 0.3 is 12.1 Å². The van der Waals surface area contributed by atoms with Crippen LogP contribution in [-0.4, -0.2) is 67.2 Å². The maximum atomic E-state index is 13.8. The number of fused-ring (bicyclic) bond motifs is 2. The monoisotopic (exact) mass is 510 g/mol. The van der Waals surface area contributed by atoms with Crippen molar-refractivity contribution >= 4 is 17.7 Å². The van der Waals surface area contributed by atoms with E-state index in [1.54, 1.807) is 26.5 Å². The first kappa shape index (κ1) is 26.4. The number of benzene rings is 1. The van der Waals surface area contributed by atoms with Gasteiger partial charge < -0.3 is 29.0 Å². The fraction of sp³-hybridized carbons (Fsp3) is 0.500. The van der Waals surface area contributed by atoms with Crippen molar-refractivity contribution in [1.29, 1.82) is 0 Å². The Balaban J connectivity index is 1.62. The predicted molar refractivity (Wildman–Crippen MR) is 142 cm³/mol. The Bertz CT molecular complexity index is 1160. The van der Waals surface area contributed by atoms with Crippen LogP contribution >= 0.6 is 0 Å². The number of anilines is 1. The van der Waals surface area contributed by atoms with Gasteiger partial charge in [0.2, 0.25) is 0 Å². The number of hydrogen-bond donors (Lipinski definition) is 1. The van der Waals surface area contributed by atoms with Gasteiger partial charge in [0.1, 0.15) is 17.3 Å². The Hall–Kier alpha value is -3.62. The first-order valence-electron chi connectivity index (χ1n) is 13.0. The van der Waals surface area contributed by atoms with E-state index in [9.17, 15) is 9.59 Å². The summed E-state index contributed by atoms with van der Waals surface area (Å²) in [5.74, 6) is 2.19. The normalized spacial score (nSPS) is 18.7. The summed E-state index contributed by atoms with van der Waals surface area (Å²) in [4.78, 5) is 32.5. The van der Waals surface area contributed by atoms with Crippen molar-refractivity contribution in [3.05, 3.63) is 53.1 Å². The highest BCUT2D eigenvalue weighted by atomic mass is 16.5. The van der Waals surface area contributed by atoms with Gasteiger partial charge in [-0.2, -0.15) is 0 Å². The first-order valence-corrected chi connectivity index (χ1v) is 13.0. The third kappa shape index (κ3) is 5.70. The molecule has 9 heteroatoms. The summed E-state index contributed by atoms with van der Waals surface area (Å²) in [7, 11) is 3.30. The molecule has 2 aliphatic heterocycles. The van der Waals surface area contributed by atoms with Crippen LogP contribution in [0.25, 0.3) is 0 Å². The number of carbonyl (C=O) groups excluding carboxylic acids is 2. The quantitative estimate of drug-likeness (QED) is 0.581. The molecule has 0 spiro atoms. The molecule has 1 N–H and O–H groups in total. The molecule has 4 amide bonds. The number of hydrogen-bond acceptors (Lipinski definition) is 5. The van der Waals surface area contributed by atoms with E-state index in [0.29, 0.717) is 62.8 Å². The van der Waals surface area contributed by atoms with Gasteiger partial charge in [0.15, 0.2) is 0 Å². The Morgan fingerprint density at radius 3 is 2.62 bits per heavy atom. The topological polar surface area (TPSA) is 87.5 Å². The second kappa shape index (κ2) is 11.6. The molecule has 0 unspecified atom stereocenters. The van der Waals surface area contributed by atoms with Crippen LogP contribution in [0.4, 0.5) is 15.3 Å². The largest absolute Gasteiger partial charge is 0.497 e. The zero-order chi connectivity index (χ0) is 26.5. The molecule has 9 nitrogen and oxygen atoms in total. The molecule has 0 aliphatic carbocycles. The van der Waals surface area contributed by atoms with Crippen molar-refractivity contribution in [3.63, 3.8) is 0 Å². The number of methoxy groups -OCH3 is 2. The van der Waals surface area contributed by atoms with Crippen molar-refractivity contribution in [3.8, 4) is 11.5 Å². The van der Waals surface area contributed by atoms with Gasteiger partial charge in [-0.3, -0.25) is 4.90 Å². The average Bonchev–Trinajstić information content (AvgIpc) is 3.22. The lowest BCUT2D eigenvalue weighted by molar-refractivity contribution is 0.163. The second-order valence-corrected chi connectivity index (χ2v) is 9.56. The number of nitrogens with zero attached hydrogens (tertiary/aromatic N) is 3. The minimum absolute atomic E-state index is 0.0116. The number of urea groups is 2. The Kier molecular flexibility index (Phi) is 8.31. The van der Waals surface area contributed by atoms with Gasteiger partial charge in [0.05, 0.1) is 32.7 Å².